The summed E-state index contributed by atoms with van der Waals surface area (Å²) in [5.41, 5.74) is 1.06. The highest BCUT2D eigenvalue weighted by atomic mass is 35.5. The van der Waals surface area contributed by atoms with Crippen molar-refractivity contribution in [3.8, 4) is 0 Å². The molecule has 190 valence electrons. The molecule has 0 aromatic heterocycles. The van der Waals surface area contributed by atoms with E-state index in [4.69, 9.17) is 23.2 Å². The second-order valence-corrected chi connectivity index (χ2v) is 11.5. The predicted molar refractivity (Wildman–Crippen MR) is 140 cm³/mol. The van der Waals surface area contributed by atoms with E-state index in [2.05, 4.69) is 5.32 Å². The Balaban J connectivity index is 1.92. The van der Waals surface area contributed by atoms with Crippen LogP contribution in [0.15, 0.2) is 48.5 Å². The molecule has 1 N–H and O–H groups in total. The molecule has 0 bridgehead atoms. The summed E-state index contributed by atoms with van der Waals surface area (Å²) in [6, 6.07) is 12.8. The van der Waals surface area contributed by atoms with Gasteiger partial charge >= 0.3 is 0 Å². The minimum atomic E-state index is -3.76. The standard InChI is InChI=1S/C25H31Cl2N3O4S/c1-3-23(25(32)28-19-9-7-8-10-19)29(16-18-13-14-21(26)22(27)15-18)24(31)17-30(35(2,33)34)20-11-5-4-6-12-20/h4-6,11-15,19,23H,3,7-10,16-17H2,1-2H3,(H,28,32)/t23-/m0/s1. The van der Waals surface area contributed by atoms with Crippen molar-refractivity contribution in [3.05, 3.63) is 64.1 Å². The van der Waals surface area contributed by atoms with Crippen LogP contribution in [-0.4, -0.2) is 50.0 Å². The molecule has 1 aliphatic rings. The van der Waals surface area contributed by atoms with Crippen molar-refractivity contribution >= 4 is 50.7 Å². The number of benzene rings is 2. The molecule has 0 unspecified atom stereocenters. The van der Waals surface area contributed by atoms with E-state index < -0.39 is 28.5 Å². The largest absolute Gasteiger partial charge is 0.352 e. The van der Waals surface area contributed by atoms with Gasteiger partial charge in [0.05, 0.1) is 22.0 Å². The molecule has 1 saturated carbocycles. The first-order valence-electron chi connectivity index (χ1n) is 11.7. The van der Waals surface area contributed by atoms with Crippen molar-refractivity contribution < 1.29 is 18.0 Å². The summed E-state index contributed by atoms with van der Waals surface area (Å²) < 4.78 is 26.2. The molecule has 0 saturated heterocycles. The van der Waals surface area contributed by atoms with Gasteiger partial charge in [0.25, 0.3) is 0 Å². The van der Waals surface area contributed by atoms with E-state index in [1.165, 1.54) is 4.90 Å². The summed E-state index contributed by atoms with van der Waals surface area (Å²) in [7, 11) is -3.76. The second kappa shape index (κ2) is 12.1. The smallest absolute Gasteiger partial charge is 0.244 e. The third kappa shape index (κ3) is 7.35. The molecule has 0 radical (unpaired) electrons. The number of nitrogens with zero attached hydrogens (tertiary/aromatic N) is 2. The maximum Gasteiger partial charge on any atom is 0.244 e. The SMILES string of the molecule is CC[C@@H](C(=O)NC1CCCC1)N(Cc1ccc(Cl)c(Cl)c1)C(=O)CN(c1ccccc1)S(C)(=O)=O. The van der Waals surface area contributed by atoms with E-state index in [9.17, 15) is 18.0 Å². The van der Waals surface area contributed by atoms with Gasteiger partial charge in [0, 0.05) is 12.6 Å². The van der Waals surface area contributed by atoms with Crippen LogP contribution in [0.2, 0.25) is 10.0 Å². The third-order valence-corrected chi connectivity index (χ3v) is 8.03. The van der Waals surface area contributed by atoms with E-state index in [0.717, 1.165) is 36.2 Å². The molecule has 0 heterocycles. The lowest BCUT2D eigenvalue weighted by atomic mass is 10.1. The van der Waals surface area contributed by atoms with Crippen molar-refractivity contribution in [2.75, 3.05) is 17.1 Å². The average Bonchev–Trinajstić information content (AvgIpc) is 3.32. The molecular weight excluding hydrogens is 509 g/mol. The van der Waals surface area contributed by atoms with Crippen molar-refractivity contribution in [2.24, 2.45) is 0 Å². The van der Waals surface area contributed by atoms with Crippen LogP contribution < -0.4 is 9.62 Å². The van der Waals surface area contributed by atoms with E-state index in [1.54, 1.807) is 48.5 Å². The number of para-hydroxylation sites is 1. The van der Waals surface area contributed by atoms with E-state index in [1.807, 2.05) is 6.92 Å². The summed E-state index contributed by atoms with van der Waals surface area (Å²) in [4.78, 5) is 28.3. The fraction of sp³-hybridized carbons (Fsp3) is 0.440. The summed E-state index contributed by atoms with van der Waals surface area (Å²) in [6.45, 7) is 1.48. The molecule has 0 aliphatic heterocycles. The number of hydrogen-bond donors (Lipinski definition) is 1. The van der Waals surface area contributed by atoms with Crippen LogP contribution in [0, 0.1) is 0 Å². The monoisotopic (exact) mass is 539 g/mol. The van der Waals surface area contributed by atoms with Crippen LogP contribution in [0.3, 0.4) is 0 Å². The predicted octanol–water partition coefficient (Wildman–Crippen LogP) is 4.63. The Kier molecular flexibility index (Phi) is 9.44. The van der Waals surface area contributed by atoms with Crippen LogP contribution in [0.25, 0.3) is 0 Å². The van der Waals surface area contributed by atoms with Crippen LogP contribution in [0.1, 0.15) is 44.6 Å². The summed E-state index contributed by atoms with van der Waals surface area (Å²) in [6.07, 6.45) is 5.39. The zero-order valence-corrected chi connectivity index (χ0v) is 22.2. The molecule has 2 aromatic carbocycles. The zero-order chi connectivity index (χ0) is 25.6. The Morgan fingerprint density at radius 3 is 2.29 bits per heavy atom. The van der Waals surface area contributed by atoms with Crippen LogP contribution in [0.5, 0.6) is 0 Å². The number of carbonyl (C=O) groups excluding carboxylic acids is 2. The highest BCUT2D eigenvalue weighted by molar-refractivity contribution is 7.92. The third-order valence-electron chi connectivity index (χ3n) is 6.15. The Morgan fingerprint density at radius 2 is 1.71 bits per heavy atom. The number of hydrogen-bond acceptors (Lipinski definition) is 4. The van der Waals surface area contributed by atoms with E-state index in [-0.39, 0.29) is 18.5 Å². The van der Waals surface area contributed by atoms with Crippen LogP contribution in [0.4, 0.5) is 5.69 Å². The molecule has 1 aliphatic carbocycles. The maximum atomic E-state index is 13.7. The van der Waals surface area contributed by atoms with Gasteiger partial charge in [-0.2, -0.15) is 0 Å². The number of sulfonamides is 1. The molecule has 2 amide bonds. The van der Waals surface area contributed by atoms with E-state index in [0.29, 0.717) is 27.7 Å². The summed E-state index contributed by atoms with van der Waals surface area (Å²) in [5, 5.41) is 3.79. The minimum absolute atomic E-state index is 0.0821. The number of amides is 2. The van der Waals surface area contributed by atoms with Gasteiger partial charge in [-0.05, 0) is 49.1 Å². The number of halogens is 2. The second-order valence-electron chi connectivity index (χ2n) is 8.79. The fourth-order valence-corrected chi connectivity index (χ4v) is 5.50. The topological polar surface area (TPSA) is 86.8 Å². The summed E-state index contributed by atoms with van der Waals surface area (Å²) in [5.74, 6) is -0.725. The van der Waals surface area contributed by atoms with Gasteiger partial charge in [-0.15, -0.1) is 0 Å². The lowest BCUT2D eigenvalue weighted by Crippen LogP contribution is -2.53. The van der Waals surface area contributed by atoms with Gasteiger partial charge in [-0.1, -0.05) is 67.2 Å². The Morgan fingerprint density at radius 1 is 1.06 bits per heavy atom. The van der Waals surface area contributed by atoms with Crippen molar-refractivity contribution in [1.82, 2.24) is 10.2 Å². The molecule has 10 heteroatoms. The molecule has 2 aromatic rings. The van der Waals surface area contributed by atoms with Crippen molar-refractivity contribution in [2.45, 2.75) is 57.7 Å². The first-order valence-corrected chi connectivity index (χ1v) is 14.3. The van der Waals surface area contributed by atoms with Gasteiger partial charge in [-0.25, -0.2) is 8.42 Å². The maximum absolute atomic E-state index is 13.7. The van der Waals surface area contributed by atoms with E-state index >= 15 is 0 Å². The quantitative estimate of drug-likeness (QED) is 0.476. The first kappa shape index (κ1) is 27.3. The first-order chi connectivity index (χ1) is 16.6. The van der Waals surface area contributed by atoms with Gasteiger partial charge in [0.15, 0.2) is 0 Å². The number of anilines is 1. The Labute approximate surface area is 217 Å². The molecule has 7 nitrogen and oxygen atoms in total. The lowest BCUT2D eigenvalue weighted by molar-refractivity contribution is -0.140. The highest BCUT2D eigenvalue weighted by Crippen LogP contribution is 2.25. The lowest BCUT2D eigenvalue weighted by Gasteiger charge is -2.33. The van der Waals surface area contributed by atoms with Crippen molar-refractivity contribution in [3.63, 3.8) is 0 Å². The zero-order valence-electron chi connectivity index (χ0n) is 19.9. The fourth-order valence-electron chi connectivity index (χ4n) is 4.33. The molecule has 35 heavy (non-hydrogen) atoms. The summed E-state index contributed by atoms with van der Waals surface area (Å²) >= 11 is 12.2. The Hall–Kier alpha value is -2.29. The van der Waals surface area contributed by atoms with Gasteiger partial charge < -0.3 is 10.2 Å². The normalized spacial score (nSPS) is 15.0. The van der Waals surface area contributed by atoms with Gasteiger partial charge in [0.1, 0.15) is 12.6 Å². The van der Waals surface area contributed by atoms with Crippen LogP contribution in [-0.2, 0) is 26.2 Å². The van der Waals surface area contributed by atoms with Gasteiger partial charge in [-0.3, -0.25) is 13.9 Å². The molecule has 1 fully saturated rings. The molecule has 3 rings (SSSR count). The average molecular weight is 541 g/mol. The van der Waals surface area contributed by atoms with Crippen molar-refractivity contribution in [1.29, 1.82) is 0 Å². The highest BCUT2D eigenvalue weighted by Gasteiger charge is 2.33. The minimum Gasteiger partial charge on any atom is -0.352 e. The number of rotatable bonds is 10. The molecule has 1 atom stereocenters. The number of carbonyl (C=O) groups is 2. The number of nitrogens with one attached hydrogen (secondary N) is 1. The van der Waals surface area contributed by atoms with Gasteiger partial charge in [0.2, 0.25) is 21.8 Å². The molecule has 0 spiro atoms. The van der Waals surface area contributed by atoms with Crippen LogP contribution >= 0.6 is 23.2 Å². The molecular formula is C25H31Cl2N3O4S. The Bertz CT molecular complexity index is 1140.